The first kappa shape index (κ1) is 13.8. The maximum Gasteiger partial charge on any atom is 0.123 e. The van der Waals surface area contributed by atoms with E-state index in [4.69, 9.17) is 4.74 Å². The molecule has 0 atom stereocenters. The molecule has 0 saturated carbocycles. The van der Waals surface area contributed by atoms with Crippen LogP contribution in [0, 0.1) is 24.1 Å². The number of hydrogen-bond donors (Lipinski definition) is 0. The molecular formula is C17H14FNO. The van der Waals surface area contributed by atoms with E-state index < -0.39 is 0 Å². The van der Waals surface area contributed by atoms with E-state index in [1.165, 1.54) is 12.1 Å². The fourth-order valence-corrected chi connectivity index (χ4v) is 1.93. The summed E-state index contributed by atoms with van der Waals surface area (Å²) >= 11 is 0. The average molecular weight is 267 g/mol. The summed E-state index contributed by atoms with van der Waals surface area (Å²) in [5.41, 5.74) is 2.90. The molecule has 0 spiro atoms. The van der Waals surface area contributed by atoms with Gasteiger partial charge in [0.2, 0.25) is 0 Å². The van der Waals surface area contributed by atoms with Crippen LogP contribution in [0.1, 0.15) is 16.7 Å². The highest BCUT2D eigenvalue weighted by Crippen LogP contribution is 2.23. The smallest absolute Gasteiger partial charge is 0.123 e. The van der Waals surface area contributed by atoms with Gasteiger partial charge in [0.15, 0.2) is 0 Å². The number of nitriles is 1. The highest BCUT2D eigenvalue weighted by atomic mass is 19.1. The highest BCUT2D eigenvalue weighted by molar-refractivity contribution is 5.90. The molecule has 0 aliphatic carbocycles. The van der Waals surface area contributed by atoms with Crippen LogP contribution in [-0.2, 0) is 0 Å². The minimum atomic E-state index is -0.352. The van der Waals surface area contributed by atoms with Crippen molar-refractivity contribution < 1.29 is 9.13 Å². The Kier molecular flexibility index (Phi) is 4.17. The van der Waals surface area contributed by atoms with Crippen molar-refractivity contribution in [1.29, 1.82) is 5.26 Å². The highest BCUT2D eigenvalue weighted by Gasteiger charge is 2.04. The molecule has 0 aromatic heterocycles. The maximum atomic E-state index is 13.2. The maximum absolute atomic E-state index is 13.2. The first-order valence-electron chi connectivity index (χ1n) is 6.16. The second-order valence-electron chi connectivity index (χ2n) is 4.40. The monoisotopic (exact) mass is 267 g/mol. The van der Waals surface area contributed by atoms with E-state index in [9.17, 15) is 9.65 Å². The molecule has 2 nitrogen and oxygen atoms in total. The SMILES string of the molecule is COc1ccc(/C=C(/C#N)c2cccc(F)c2)c(C)c1. The Morgan fingerprint density at radius 3 is 2.65 bits per heavy atom. The molecule has 0 aliphatic heterocycles. The average Bonchev–Trinajstić information content (AvgIpc) is 2.46. The van der Waals surface area contributed by atoms with E-state index >= 15 is 0 Å². The Hall–Kier alpha value is -2.60. The third kappa shape index (κ3) is 3.04. The van der Waals surface area contributed by atoms with E-state index in [0.717, 1.165) is 16.9 Å². The molecular weight excluding hydrogens is 253 g/mol. The minimum Gasteiger partial charge on any atom is -0.497 e. The lowest BCUT2D eigenvalue weighted by Crippen LogP contribution is -1.88. The number of halogens is 1. The van der Waals surface area contributed by atoms with Crippen molar-refractivity contribution in [2.75, 3.05) is 7.11 Å². The van der Waals surface area contributed by atoms with Crippen LogP contribution in [0.2, 0.25) is 0 Å². The molecule has 0 amide bonds. The minimum absolute atomic E-state index is 0.352. The van der Waals surface area contributed by atoms with E-state index in [1.54, 1.807) is 25.3 Å². The summed E-state index contributed by atoms with van der Waals surface area (Å²) in [7, 11) is 1.61. The molecule has 0 heterocycles. The Morgan fingerprint density at radius 1 is 1.25 bits per heavy atom. The molecule has 3 heteroatoms. The number of allylic oxidation sites excluding steroid dienone is 1. The molecule has 0 N–H and O–H groups in total. The number of hydrogen-bond acceptors (Lipinski definition) is 2. The number of rotatable bonds is 3. The van der Waals surface area contributed by atoms with Gasteiger partial charge in [-0.1, -0.05) is 18.2 Å². The molecule has 0 aliphatic rings. The van der Waals surface area contributed by atoms with Crippen LogP contribution in [0.4, 0.5) is 4.39 Å². The van der Waals surface area contributed by atoms with Crippen LogP contribution < -0.4 is 4.74 Å². The van der Waals surface area contributed by atoms with Crippen molar-refractivity contribution in [3.63, 3.8) is 0 Å². The zero-order chi connectivity index (χ0) is 14.5. The standard InChI is InChI=1S/C17H14FNO/c1-12-8-17(20-2)7-6-13(12)9-15(11-19)14-4-3-5-16(18)10-14/h3-10H,1-2H3/b15-9-. The lowest BCUT2D eigenvalue weighted by Gasteiger charge is -2.05. The van der Waals surface area contributed by atoms with Crippen molar-refractivity contribution in [1.82, 2.24) is 0 Å². The van der Waals surface area contributed by atoms with E-state index in [-0.39, 0.29) is 5.82 Å². The van der Waals surface area contributed by atoms with E-state index in [1.807, 2.05) is 25.1 Å². The van der Waals surface area contributed by atoms with Gasteiger partial charge in [-0.2, -0.15) is 5.26 Å². The lowest BCUT2D eigenvalue weighted by atomic mass is 10.0. The summed E-state index contributed by atoms with van der Waals surface area (Å²) in [5, 5.41) is 9.26. The normalized spacial score (nSPS) is 11.0. The van der Waals surface area contributed by atoms with Crippen LogP contribution in [0.5, 0.6) is 5.75 Å². The Bertz CT molecular complexity index is 698. The van der Waals surface area contributed by atoms with Gasteiger partial charge in [0.25, 0.3) is 0 Å². The van der Waals surface area contributed by atoms with Gasteiger partial charge in [-0.3, -0.25) is 0 Å². The molecule has 0 fully saturated rings. The van der Waals surface area contributed by atoms with Gasteiger partial charge >= 0.3 is 0 Å². The zero-order valence-corrected chi connectivity index (χ0v) is 11.4. The van der Waals surface area contributed by atoms with Gasteiger partial charge in [0.1, 0.15) is 11.6 Å². The van der Waals surface area contributed by atoms with Gasteiger partial charge in [0, 0.05) is 0 Å². The van der Waals surface area contributed by atoms with Crippen molar-refractivity contribution in [3.05, 3.63) is 65.0 Å². The van der Waals surface area contributed by atoms with Crippen LogP contribution in [0.3, 0.4) is 0 Å². The Balaban J connectivity index is 2.44. The van der Waals surface area contributed by atoms with Gasteiger partial charge in [0.05, 0.1) is 18.8 Å². The van der Waals surface area contributed by atoms with Crippen LogP contribution in [0.15, 0.2) is 42.5 Å². The van der Waals surface area contributed by atoms with Crippen molar-refractivity contribution in [2.45, 2.75) is 6.92 Å². The predicted octanol–water partition coefficient (Wildman–Crippen LogP) is 4.21. The van der Waals surface area contributed by atoms with Gasteiger partial charge in [-0.15, -0.1) is 0 Å². The fraction of sp³-hybridized carbons (Fsp3) is 0.118. The zero-order valence-electron chi connectivity index (χ0n) is 11.4. The predicted molar refractivity (Wildman–Crippen MR) is 77.6 cm³/mol. The number of methoxy groups -OCH3 is 1. The largest absolute Gasteiger partial charge is 0.497 e. The summed E-state index contributed by atoms with van der Waals surface area (Å²) in [6.07, 6.45) is 1.75. The molecule has 0 bridgehead atoms. The quantitative estimate of drug-likeness (QED) is 0.616. The third-order valence-corrected chi connectivity index (χ3v) is 3.03. The van der Waals surface area contributed by atoms with Gasteiger partial charge < -0.3 is 4.74 Å². The summed E-state index contributed by atoms with van der Waals surface area (Å²) in [6, 6.07) is 13.7. The molecule has 2 aromatic rings. The Labute approximate surface area is 117 Å². The second kappa shape index (κ2) is 6.03. The summed E-state index contributed by atoms with van der Waals surface area (Å²) in [5.74, 6) is 0.416. The van der Waals surface area contributed by atoms with E-state index in [0.29, 0.717) is 11.1 Å². The molecule has 100 valence electrons. The second-order valence-corrected chi connectivity index (χ2v) is 4.40. The summed E-state index contributed by atoms with van der Waals surface area (Å²) in [4.78, 5) is 0. The molecule has 20 heavy (non-hydrogen) atoms. The van der Waals surface area contributed by atoms with Crippen molar-refractivity contribution in [2.24, 2.45) is 0 Å². The van der Waals surface area contributed by atoms with E-state index in [2.05, 4.69) is 6.07 Å². The number of benzene rings is 2. The van der Waals surface area contributed by atoms with Crippen molar-refractivity contribution >= 4 is 11.6 Å². The summed E-state index contributed by atoms with van der Waals surface area (Å²) in [6.45, 7) is 1.94. The fourth-order valence-electron chi connectivity index (χ4n) is 1.93. The molecule has 2 rings (SSSR count). The van der Waals surface area contributed by atoms with Crippen LogP contribution >= 0.6 is 0 Å². The number of ether oxygens (including phenoxy) is 1. The third-order valence-electron chi connectivity index (χ3n) is 3.03. The topological polar surface area (TPSA) is 33.0 Å². The molecule has 0 unspecified atom stereocenters. The molecule has 0 saturated heterocycles. The first-order chi connectivity index (χ1) is 9.63. The first-order valence-corrected chi connectivity index (χ1v) is 6.16. The van der Waals surface area contributed by atoms with Gasteiger partial charge in [-0.05, 0) is 54.0 Å². The number of aryl methyl sites for hydroxylation is 1. The van der Waals surface area contributed by atoms with Crippen molar-refractivity contribution in [3.8, 4) is 11.8 Å². The Morgan fingerprint density at radius 2 is 2.05 bits per heavy atom. The van der Waals surface area contributed by atoms with Crippen LogP contribution in [0.25, 0.3) is 11.6 Å². The van der Waals surface area contributed by atoms with Gasteiger partial charge in [-0.25, -0.2) is 4.39 Å². The summed E-state index contributed by atoms with van der Waals surface area (Å²) < 4.78 is 18.4. The molecule has 0 radical (unpaired) electrons. The molecule has 2 aromatic carbocycles. The lowest BCUT2D eigenvalue weighted by molar-refractivity contribution is 0.414. The number of nitrogens with zero attached hydrogens (tertiary/aromatic N) is 1. The van der Waals surface area contributed by atoms with Crippen LogP contribution in [-0.4, -0.2) is 7.11 Å².